The molecule has 2 aliphatic rings. The van der Waals surface area contributed by atoms with E-state index in [0.717, 1.165) is 32.3 Å². The molecule has 1 N–H and O–H groups in total. The molecule has 1 fully saturated rings. The fourth-order valence-corrected chi connectivity index (χ4v) is 4.62. The molecular formula is C15H28N2O3S. The van der Waals surface area contributed by atoms with Crippen molar-refractivity contribution < 1.29 is 13.2 Å². The molecule has 1 saturated heterocycles. The number of piperidine rings is 1. The topological polar surface area (TPSA) is 58.6 Å². The molecule has 0 saturated carbocycles. The maximum Gasteiger partial charge on any atom is 0.279 e. The molecule has 0 amide bonds. The van der Waals surface area contributed by atoms with Gasteiger partial charge < -0.3 is 4.74 Å². The van der Waals surface area contributed by atoms with Gasteiger partial charge in [0.2, 0.25) is 0 Å². The molecule has 0 unspecified atom stereocenters. The second kappa shape index (κ2) is 7.72. The van der Waals surface area contributed by atoms with E-state index in [1.807, 2.05) is 6.92 Å². The van der Waals surface area contributed by atoms with Crippen molar-refractivity contribution in [2.24, 2.45) is 5.92 Å². The fraction of sp³-hybridized carbons (Fsp3) is 0.867. The second-order valence-corrected chi connectivity index (χ2v) is 7.87. The van der Waals surface area contributed by atoms with E-state index in [9.17, 15) is 8.42 Å². The first kappa shape index (κ1) is 16.9. The number of hydrogen-bond acceptors (Lipinski definition) is 3. The standard InChI is InChI=1S/C15H28N2O3S/c1-13(15-6-4-3-5-7-15)16-21(18,19)17-10-8-14(9-11-17)12-20-2/h6,13-14,16H,3-5,7-12H2,1-2H3/t13-/m0/s1. The van der Waals surface area contributed by atoms with Crippen molar-refractivity contribution in [1.29, 1.82) is 0 Å². The van der Waals surface area contributed by atoms with Crippen LogP contribution in [0.3, 0.4) is 0 Å². The van der Waals surface area contributed by atoms with Crippen molar-refractivity contribution in [3.63, 3.8) is 0 Å². The van der Waals surface area contributed by atoms with E-state index >= 15 is 0 Å². The summed E-state index contributed by atoms with van der Waals surface area (Å²) in [6.45, 7) is 3.86. The summed E-state index contributed by atoms with van der Waals surface area (Å²) >= 11 is 0. The van der Waals surface area contributed by atoms with E-state index in [2.05, 4.69) is 10.8 Å². The zero-order valence-electron chi connectivity index (χ0n) is 13.2. The van der Waals surface area contributed by atoms with E-state index in [1.54, 1.807) is 11.4 Å². The van der Waals surface area contributed by atoms with Crippen molar-refractivity contribution in [3.05, 3.63) is 11.6 Å². The van der Waals surface area contributed by atoms with E-state index in [-0.39, 0.29) is 6.04 Å². The van der Waals surface area contributed by atoms with Crippen molar-refractivity contribution in [3.8, 4) is 0 Å². The third-order valence-electron chi connectivity index (χ3n) is 4.52. The van der Waals surface area contributed by atoms with Crippen LogP contribution in [0.25, 0.3) is 0 Å². The molecule has 6 heteroatoms. The van der Waals surface area contributed by atoms with E-state index < -0.39 is 10.2 Å². The van der Waals surface area contributed by atoms with Gasteiger partial charge in [-0.15, -0.1) is 0 Å². The van der Waals surface area contributed by atoms with Crippen LogP contribution in [-0.2, 0) is 14.9 Å². The Balaban J connectivity index is 1.88. The van der Waals surface area contributed by atoms with Gasteiger partial charge in [0.25, 0.3) is 10.2 Å². The van der Waals surface area contributed by atoms with Gasteiger partial charge in [0, 0.05) is 32.8 Å². The number of nitrogens with one attached hydrogen (secondary N) is 1. The van der Waals surface area contributed by atoms with Gasteiger partial charge >= 0.3 is 0 Å². The summed E-state index contributed by atoms with van der Waals surface area (Å²) in [6, 6.07) is -0.0907. The van der Waals surface area contributed by atoms with Gasteiger partial charge in [-0.25, -0.2) is 0 Å². The summed E-state index contributed by atoms with van der Waals surface area (Å²) in [6.07, 6.45) is 8.43. The van der Waals surface area contributed by atoms with Gasteiger partial charge in [0.1, 0.15) is 0 Å². The Morgan fingerprint density at radius 3 is 2.67 bits per heavy atom. The van der Waals surface area contributed by atoms with Crippen LogP contribution >= 0.6 is 0 Å². The molecule has 1 aliphatic carbocycles. The van der Waals surface area contributed by atoms with Crippen LogP contribution in [0.2, 0.25) is 0 Å². The summed E-state index contributed by atoms with van der Waals surface area (Å²) in [5.41, 5.74) is 1.24. The average molecular weight is 316 g/mol. The van der Waals surface area contributed by atoms with Gasteiger partial charge in [0.05, 0.1) is 0 Å². The van der Waals surface area contributed by atoms with E-state index in [1.165, 1.54) is 18.4 Å². The highest BCUT2D eigenvalue weighted by Gasteiger charge is 2.29. The number of allylic oxidation sites excluding steroid dienone is 1. The maximum atomic E-state index is 12.5. The lowest BCUT2D eigenvalue weighted by atomic mass is 9.95. The largest absolute Gasteiger partial charge is 0.384 e. The Hall–Kier alpha value is -0.430. The molecule has 122 valence electrons. The Morgan fingerprint density at radius 2 is 2.10 bits per heavy atom. The third-order valence-corrected chi connectivity index (χ3v) is 6.22. The summed E-state index contributed by atoms with van der Waals surface area (Å²) in [5.74, 6) is 0.486. The Kier molecular flexibility index (Phi) is 6.22. The number of methoxy groups -OCH3 is 1. The minimum Gasteiger partial charge on any atom is -0.384 e. The van der Waals surface area contributed by atoms with Gasteiger partial charge in [-0.05, 0) is 51.4 Å². The Morgan fingerprint density at radius 1 is 1.38 bits per heavy atom. The van der Waals surface area contributed by atoms with Gasteiger partial charge in [-0.2, -0.15) is 17.4 Å². The van der Waals surface area contributed by atoms with Crippen LogP contribution in [-0.4, -0.2) is 45.6 Å². The molecule has 0 aromatic heterocycles. The van der Waals surface area contributed by atoms with Crippen LogP contribution in [0.5, 0.6) is 0 Å². The Bertz CT molecular complexity index is 454. The number of ether oxygens (including phenoxy) is 1. The van der Waals surface area contributed by atoms with Crippen LogP contribution < -0.4 is 4.72 Å². The predicted octanol–water partition coefficient (Wildman–Crippen LogP) is 2.07. The highest BCUT2D eigenvalue weighted by Crippen LogP contribution is 2.22. The van der Waals surface area contributed by atoms with Gasteiger partial charge in [-0.3, -0.25) is 0 Å². The summed E-state index contributed by atoms with van der Waals surface area (Å²) in [7, 11) is -1.67. The molecule has 0 aromatic rings. The monoisotopic (exact) mass is 316 g/mol. The van der Waals surface area contributed by atoms with Crippen molar-refractivity contribution in [2.75, 3.05) is 26.8 Å². The lowest BCUT2D eigenvalue weighted by Crippen LogP contribution is -2.48. The maximum absolute atomic E-state index is 12.5. The quantitative estimate of drug-likeness (QED) is 0.763. The lowest BCUT2D eigenvalue weighted by Gasteiger charge is -2.32. The molecule has 21 heavy (non-hydrogen) atoms. The number of hydrogen-bond donors (Lipinski definition) is 1. The number of nitrogens with zero attached hydrogens (tertiary/aromatic N) is 1. The van der Waals surface area contributed by atoms with Crippen LogP contribution in [0, 0.1) is 5.92 Å². The van der Waals surface area contributed by atoms with Crippen molar-refractivity contribution in [2.45, 2.75) is 51.5 Å². The third kappa shape index (κ3) is 4.77. The molecule has 2 rings (SSSR count). The van der Waals surface area contributed by atoms with Crippen LogP contribution in [0.15, 0.2) is 11.6 Å². The molecule has 0 bridgehead atoms. The molecule has 5 nitrogen and oxygen atoms in total. The van der Waals surface area contributed by atoms with E-state index in [4.69, 9.17) is 4.74 Å². The molecule has 0 aromatic carbocycles. The Labute approximate surface area is 128 Å². The summed E-state index contributed by atoms with van der Waals surface area (Å²) in [4.78, 5) is 0. The summed E-state index contributed by atoms with van der Waals surface area (Å²) in [5, 5.41) is 0. The highest BCUT2D eigenvalue weighted by atomic mass is 32.2. The van der Waals surface area contributed by atoms with Gasteiger partial charge in [0.15, 0.2) is 0 Å². The van der Waals surface area contributed by atoms with Gasteiger partial charge in [-0.1, -0.05) is 11.6 Å². The molecule has 1 heterocycles. The van der Waals surface area contributed by atoms with Crippen LogP contribution in [0.1, 0.15) is 45.4 Å². The first-order valence-electron chi connectivity index (χ1n) is 7.98. The van der Waals surface area contributed by atoms with Crippen molar-refractivity contribution >= 4 is 10.2 Å². The molecule has 0 radical (unpaired) electrons. The van der Waals surface area contributed by atoms with Crippen LogP contribution in [0.4, 0.5) is 0 Å². The second-order valence-electron chi connectivity index (χ2n) is 6.17. The predicted molar refractivity (Wildman–Crippen MR) is 84.2 cm³/mol. The molecule has 0 spiro atoms. The average Bonchev–Trinajstić information content (AvgIpc) is 2.48. The van der Waals surface area contributed by atoms with Crippen molar-refractivity contribution in [1.82, 2.24) is 9.03 Å². The highest BCUT2D eigenvalue weighted by molar-refractivity contribution is 7.87. The molecular weight excluding hydrogens is 288 g/mol. The molecule has 1 atom stereocenters. The first-order chi connectivity index (χ1) is 10.0. The summed E-state index contributed by atoms with van der Waals surface area (Å²) < 4.78 is 34.5. The lowest BCUT2D eigenvalue weighted by molar-refractivity contribution is 0.121. The van der Waals surface area contributed by atoms with E-state index in [0.29, 0.717) is 19.0 Å². The molecule has 1 aliphatic heterocycles. The normalized spacial score (nSPS) is 23.8. The fourth-order valence-electron chi connectivity index (χ4n) is 3.18. The zero-order chi connectivity index (χ0) is 15.3. The first-order valence-corrected chi connectivity index (χ1v) is 9.42. The minimum absolute atomic E-state index is 0.0907. The SMILES string of the molecule is COCC1CCN(S(=O)(=O)N[C@@H](C)C2=CCCCC2)CC1. The minimum atomic E-state index is -3.37. The smallest absolute Gasteiger partial charge is 0.279 e. The number of rotatable bonds is 6. The zero-order valence-corrected chi connectivity index (χ0v) is 14.0.